The zero-order valence-corrected chi connectivity index (χ0v) is 18.4. The lowest BCUT2D eigenvalue weighted by Gasteiger charge is -2.08. The van der Waals surface area contributed by atoms with Crippen LogP contribution in [0.2, 0.25) is 0 Å². The molecule has 1 aliphatic rings. The number of ether oxygens (including phenoxy) is 3. The van der Waals surface area contributed by atoms with Crippen LogP contribution in [0, 0.1) is 10.1 Å². The number of methoxy groups -OCH3 is 1. The summed E-state index contributed by atoms with van der Waals surface area (Å²) < 4.78 is 15.9. The highest BCUT2D eigenvalue weighted by Gasteiger charge is 2.24. The van der Waals surface area contributed by atoms with Gasteiger partial charge in [-0.15, -0.1) is 0 Å². The molecule has 1 aliphatic heterocycles. The number of benzene rings is 3. The van der Waals surface area contributed by atoms with Crippen LogP contribution in [0.1, 0.15) is 16.7 Å². The van der Waals surface area contributed by atoms with Crippen LogP contribution in [0.4, 0.5) is 5.69 Å². The summed E-state index contributed by atoms with van der Waals surface area (Å²) in [5.41, 5.74) is 1.79. The first-order valence-corrected chi connectivity index (χ1v) is 10.3. The van der Waals surface area contributed by atoms with E-state index in [0.29, 0.717) is 11.1 Å². The van der Waals surface area contributed by atoms with E-state index in [1.807, 2.05) is 30.3 Å². The molecule has 3 aromatic rings. The van der Waals surface area contributed by atoms with E-state index in [1.54, 1.807) is 24.3 Å². The number of cyclic esters (lactones) is 1. The van der Waals surface area contributed by atoms with Crippen molar-refractivity contribution in [2.75, 3.05) is 7.11 Å². The summed E-state index contributed by atoms with van der Waals surface area (Å²) in [6.45, 7) is 0. The van der Waals surface area contributed by atoms with Gasteiger partial charge in [0, 0.05) is 23.8 Å². The molecule has 0 radical (unpaired) electrons. The molecule has 0 amide bonds. The van der Waals surface area contributed by atoms with Gasteiger partial charge in [-0.05, 0) is 47.5 Å². The lowest BCUT2D eigenvalue weighted by molar-refractivity contribution is -0.384. The van der Waals surface area contributed by atoms with Gasteiger partial charge in [0.25, 0.3) is 5.69 Å². The molecule has 0 N–H and O–H groups in total. The van der Waals surface area contributed by atoms with Gasteiger partial charge < -0.3 is 14.2 Å². The van der Waals surface area contributed by atoms with Gasteiger partial charge in [0.2, 0.25) is 5.90 Å². The highest BCUT2D eigenvalue weighted by molar-refractivity contribution is 6.12. The first kappa shape index (κ1) is 23.1. The minimum absolute atomic E-state index is 0.0379. The summed E-state index contributed by atoms with van der Waals surface area (Å²) in [5.74, 6) is -0.708. The fourth-order valence-electron chi connectivity index (χ4n) is 3.15. The second kappa shape index (κ2) is 10.3. The van der Waals surface area contributed by atoms with Crippen LogP contribution in [0.5, 0.6) is 11.5 Å². The first-order valence-electron chi connectivity index (χ1n) is 10.3. The van der Waals surface area contributed by atoms with Crippen LogP contribution >= 0.6 is 0 Å². The molecule has 174 valence electrons. The highest BCUT2D eigenvalue weighted by atomic mass is 16.6. The van der Waals surface area contributed by atoms with Crippen molar-refractivity contribution in [1.82, 2.24) is 0 Å². The molecule has 0 atom stereocenters. The smallest absolute Gasteiger partial charge is 0.363 e. The maximum absolute atomic E-state index is 12.3. The van der Waals surface area contributed by atoms with Crippen molar-refractivity contribution in [3.63, 3.8) is 0 Å². The van der Waals surface area contributed by atoms with Crippen molar-refractivity contribution in [3.05, 3.63) is 111 Å². The molecule has 0 fully saturated rings. The number of nitrogens with zero attached hydrogens (tertiary/aromatic N) is 2. The highest BCUT2D eigenvalue weighted by Crippen LogP contribution is 2.30. The number of esters is 2. The Bertz CT molecular complexity index is 1370. The summed E-state index contributed by atoms with van der Waals surface area (Å²) >= 11 is 0. The van der Waals surface area contributed by atoms with E-state index < -0.39 is 16.9 Å². The number of aliphatic imine (C=N–C) groups is 1. The van der Waals surface area contributed by atoms with Crippen molar-refractivity contribution < 1.29 is 28.7 Å². The molecule has 0 bridgehead atoms. The van der Waals surface area contributed by atoms with Gasteiger partial charge in [-0.25, -0.2) is 14.6 Å². The van der Waals surface area contributed by atoms with E-state index in [-0.39, 0.29) is 28.8 Å². The maximum Gasteiger partial charge on any atom is 0.363 e. The average Bonchev–Trinajstić information content (AvgIpc) is 3.24. The molecule has 0 saturated carbocycles. The summed E-state index contributed by atoms with van der Waals surface area (Å²) in [7, 11) is 1.43. The predicted molar refractivity (Wildman–Crippen MR) is 128 cm³/mol. The lowest BCUT2D eigenvalue weighted by atomic mass is 10.1. The van der Waals surface area contributed by atoms with E-state index in [2.05, 4.69) is 4.99 Å². The minimum atomic E-state index is -0.668. The Kier molecular flexibility index (Phi) is 6.78. The van der Waals surface area contributed by atoms with Crippen molar-refractivity contribution >= 4 is 35.7 Å². The molecule has 3 aromatic carbocycles. The summed E-state index contributed by atoms with van der Waals surface area (Å²) in [6.07, 6.45) is 4.44. The van der Waals surface area contributed by atoms with Gasteiger partial charge in [-0.2, -0.15) is 0 Å². The molecule has 0 saturated heterocycles. The molecule has 1 heterocycles. The number of nitro groups is 1. The first-order chi connectivity index (χ1) is 16.9. The van der Waals surface area contributed by atoms with Crippen molar-refractivity contribution in [2.45, 2.75) is 0 Å². The third kappa shape index (κ3) is 5.66. The van der Waals surface area contributed by atoms with E-state index in [9.17, 15) is 19.7 Å². The Morgan fingerprint density at radius 2 is 1.74 bits per heavy atom. The molecule has 0 unspecified atom stereocenters. The normalized spacial score (nSPS) is 14.0. The monoisotopic (exact) mass is 470 g/mol. The predicted octanol–water partition coefficient (Wildman–Crippen LogP) is 4.57. The lowest BCUT2D eigenvalue weighted by Crippen LogP contribution is -2.05. The zero-order valence-electron chi connectivity index (χ0n) is 18.4. The third-order valence-corrected chi connectivity index (χ3v) is 4.86. The molecule has 35 heavy (non-hydrogen) atoms. The number of nitro benzene ring substituents is 1. The van der Waals surface area contributed by atoms with Gasteiger partial charge >= 0.3 is 11.9 Å². The Morgan fingerprint density at radius 3 is 2.43 bits per heavy atom. The van der Waals surface area contributed by atoms with Crippen LogP contribution < -0.4 is 9.47 Å². The molecule has 0 aromatic heterocycles. The van der Waals surface area contributed by atoms with Gasteiger partial charge in [0.15, 0.2) is 17.2 Å². The average molecular weight is 470 g/mol. The number of carbonyl (C=O) groups excluding carboxylic acids is 2. The second-order valence-electron chi connectivity index (χ2n) is 7.22. The summed E-state index contributed by atoms with van der Waals surface area (Å²) in [5, 5.41) is 10.8. The van der Waals surface area contributed by atoms with Gasteiger partial charge in [0.05, 0.1) is 12.0 Å². The van der Waals surface area contributed by atoms with Gasteiger partial charge in [0.1, 0.15) is 0 Å². The quantitative estimate of drug-likeness (QED) is 0.163. The van der Waals surface area contributed by atoms with Crippen molar-refractivity contribution in [3.8, 4) is 11.5 Å². The molecule has 9 heteroatoms. The topological polar surface area (TPSA) is 117 Å². The number of hydrogen-bond donors (Lipinski definition) is 0. The number of non-ortho nitro benzene ring substituents is 1. The second-order valence-corrected chi connectivity index (χ2v) is 7.22. The maximum atomic E-state index is 12.3. The fourth-order valence-corrected chi connectivity index (χ4v) is 3.15. The minimum Gasteiger partial charge on any atom is -0.493 e. The Morgan fingerprint density at radius 1 is 1.00 bits per heavy atom. The number of rotatable bonds is 7. The molecule has 9 nitrogen and oxygen atoms in total. The third-order valence-electron chi connectivity index (χ3n) is 4.86. The molecular weight excluding hydrogens is 452 g/mol. The number of hydrogen-bond acceptors (Lipinski definition) is 8. The molecular formula is C26H18N2O7. The Labute approximate surface area is 199 Å². The largest absolute Gasteiger partial charge is 0.493 e. The molecule has 0 aliphatic carbocycles. The van der Waals surface area contributed by atoms with Crippen molar-refractivity contribution in [1.29, 1.82) is 0 Å². The summed E-state index contributed by atoms with van der Waals surface area (Å²) in [6, 6.07) is 19.6. The van der Waals surface area contributed by atoms with E-state index >= 15 is 0 Å². The van der Waals surface area contributed by atoms with E-state index in [4.69, 9.17) is 14.2 Å². The van der Waals surface area contributed by atoms with Crippen LogP contribution in [0.25, 0.3) is 12.2 Å². The summed E-state index contributed by atoms with van der Waals surface area (Å²) in [4.78, 5) is 38.9. The molecule has 0 spiro atoms. The van der Waals surface area contributed by atoms with E-state index in [0.717, 1.165) is 5.56 Å². The van der Waals surface area contributed by atoms with Crippen molar-refractivity contribution in [2.24, 2.45) is 4.99 Å². The SMILES string of the molecule is COc1cc(/C=C2\N=C(c3ccc([N+](=O)[O-])cc3)OC2=O)ccc1OC(=O)/C=C/c1ccccc1. The standard InChI is InChI=1S/C26H18N2O7/c1-33-23-16-18(7-13-22(23)34-24(29)14-8-17-5-3-2-4-6-17)15-21-26(30)35-25(27-21)19-9-11-20(12-10-19)28(31)32/h2-16H,1H3/b14-8+,21-15-. The van der Waals surface area contributed by atoms with Crippen LogP contribution in [-0.2, 0) is 14.3 Å². The van der Waals surface area contributed by atoms with Crippen LogP contribution in [0.3, 0.4) is 0 Å². The van der Waals surface area contributed by atoms with E-state index in [1.165, 1.54) is 43.5 Å². The zero-order chi connectivity index (χ0) is 24.8. The Balaban J connectivity index is 1.50. The van der Waals surface area contributed by atoms with Gasteiger partial charge in [-0.3, -0.25) is 10.1 Å². The van der Waals surface area contributed by atoms with Crippen LogP contribution in [-0.4, -0.2) is 29.9 Å². The molecule has 4 rings (SSSR count). The number of carbonyl (C=O) groups is 2. The fraction of sp³-hybridized carbons (Fsp3) is 0.0385. The van der Waals surface area contributed by atoms with Crippen LogP contribution in [0.15, 0.2) is 89.6 Å². The Hall–Kier alpha value is -5.05. The van der Waals surface area contributed by atoms with Gasteiger partial charge in [-0.1, -0.05) is 36.4 Å².